The summed E-state index contributed by atoms with van der Waals surface area (Å²) < 4.78 is 0. The first-order chi connectivity index (χ1) is 15.5. The van der Waals surface area contributed by atoms with Crippen LogP contribution in [0.5, 0.6) is 0 Å². The summed E-state index contributed by atoms with van der Waals surface area (Å²) >= 11 is 1.23. The molecule has 4 rings (SSSR count). The maximum absolute atomic E-state index is 12.6. The van der Waals surface area contributed by atoms with Gasteiger partial charge in [-0.15, -0.1) is 11.3 Å². The van der Waals surface area contributed by atoms with E-state index < -0.39 is 0 Å². The van der Waals surface area contributed by atoms with Crippen molar-refractivity contribution in [3.8, 4) is 0 Å². The maximum Gasteiger partial charge on any atom is 0.325 e. The highest BCUT2D eigenvalue weighted by molar-refractivity contribution is 7.14. The fraction of sp³-hybridized carbons (Fsp3) is 0.292. The molecular formula is C24H27N5O2S. The lowest BCUT2D eigenvalue weighted by Gasteiger charge is -2.32. The predicted molar refractivity (Wildman–Crippen MR) is 128 cm³/mol. The first-order valence-corrected chi connectivity index (χ1v) is 11.6. The molecule has 2 aromatic carbocycles. The van der Waals surface area contributed by atoms with Crippen LogP contribution in [-0.2, 0) is 6.54 Å². The zero-order valence-corrected chi connectivity index (χ0v) is 18.8. The molecule has 0 aliphatic carbocycles. The molecule has 32 heavy (non-hydrogen) atoms. The van der Waals surface area contributed by atoms with Crippen molar-refractivity contribution in [3.63, 3.8) is 0 Å². The zero-order chi connectivity index (χ0) is 22.3. The van der Waals surface area contributed by atoms with Crippen LogP contribution in [-0.4, -0.2) is 41.0 Å². The number of likely N-dealkylation sites (tertiary alicyclic amines) is 1. The van der Waals surface area contributed by atoms with Gasteiger partial charge in [-0.2, -0.15) is 0 Å². The van der Waals surface area contributed by atoms with Gasteiger partial charge < -0.3 is 10.6 Å². The fourth-order valence-electron chi connectivity index (χ4n) is 3.75. The number of amides is 3. The molecule has 8 heteroatoms. The number of carbonyl (C=O) groups excluding carboxylic acids is 2. The van der Waals surface area contributed by atoms with Crippen molar-refractivity contribution in [1.82, 2.24) is 15.2 Å². The van der Waals surface area contributed by atoms with Gasteiger partial charge in [0.1, 0.15) is 5.69 Å². The maximum atomic E-state index is 12.6. The SMILES string of the molecule is Cc1cccc(NC(=O)Nc2nc(C(=O)NC3CCN(Cc4ccccc4)CC3)cs2)c1. The Labute approximate surface area is 191 Å². The molecule has 0 atom stereocenters. The number of urea groups is 1. The van der Waals surface area contributed by atoms with E-state index in [1.165, 1.54) is 16.9 Å². The summed E-state index contributed by atoms with van der Waals surface area (Å²) in [5.74, 6) is -0.199. The third-order valence-corrected chi connectivity index (χ3v) is 6.16. The molecule has 0 bridgehead atoms. The van der Waals surface area contributed by atoms with Crippen LogP contribution < -0.4 is 16.0 Å². The summed E-state index contributed by atoms with van der Waals surface area (Å²) in [6.45, 7) is 4.79. The Morgan fingerprint density at radius 2 is 1.84 bits per heavy atom. The van der Waals surface area contributed by atoms with Gasteiger partial charge in [0.2, 0.25) is 0 Å². The lowest BCUT2D eigenvalue weighted by atomic mass is 10.0. The van der Waals surface area contributed by atoms with Crippen LogP contribution in [0.3, 0.4) is 0 Å². The number of aromatic nitrogens is 1. The van der Waals surface area contributed by atoms with E-state index in [-0.39, 0.29) is 18.0 Å². The number of rotatable bonds is 6. The van der Waals surface area contributed by atoms with E-state index in [9.17, 15) is 9.59 Å². The molecule has 0 spiro atoms. The van der Waals surface area contributed by atoms with Crippen molar-refractivity contribution in [2.24, 2.45) is 0 Å². The summed E-state index contributed by atoms with van der Waals surface area (Å²) in [4.78, 5) is 31.5. The Bertz CT molecular complexity index is 1060. The molecule has 0 saturated carbocycles. The van der Waals surface area contributed by atoms with Gasteiger partial charge in [0, 0.05) is 36.7 Å². The molecule has 1 aliphatic heterocycles. The third-order valence-electron chi connectivity index (χ3n) is 5.41. The van der Waals surface area contributed by atoms with E-state index in [1.807, 2.05) is 37.3 Å². The average Bonchev–Trinajstić information content (AvgIpc) is 3.24. The average molecular weight is 450 g/mol. The van der Waals surface area contributed by atoms with Crippen molar-refractivity contribution in [3.05, 3.63) is 76.8 Å². The van der Waals surface area contributed by atoms with Crippen LogP contribution in [0, 0.1) is 6.92 Å². The molecule has 1 fully saturated rings. The first-order valence-electron chi connectivity index (χ1n) is 10.7. The van der Waals surface area contributed by atoms with Crippen LogP contribution in [0.1, 0.15) is 34.5 Å². The van der Waals surface area contributed by atoms with Gasteiger partial charge >= 0.3 is 6.03 Å². The number of aryl methyl sites for hydroxylation is 1. The van der Waals surface area contributed by atoms with Gasteiger partial charge in [-0.25, -0.2) is 9.78 Å². The first kappa shape index (κ1) is 22.0. The summed E-state index contributed by atoms with van der Waals surface area (Å²) in [6.07, 6.45) is 1.82. The number of anilines is 2. The van der Waals surface area contributed by atoms with E-state index in [2.05, 4.69) is 50.1 Å². The summed E-state index contributed by atoms with van der Waals surface area (Å²) in [6, 6.07) is 17.7. The molecule has 1 aromatic heterocycles. The minimum Gasteiger partial charge on any atom is -0.348 e. The molecule has 166 valence electrons. The molecule has 3 N–H and O–H groups in total. The third kappa shape index (κ3) is 6.15. The van der Waals surface area contributed by atoms with Crippen LogP contribution in [0.25, 0.3) is 0 Å². The molecular weight excluding hydrogens is 422 g/mol. The van der Waals surface area contributed by atoms with Gasteiger partial charge in [-0.1, -0.05) is 42.5 Å². The van der Waals surface area contributed by atoms with E-state index >= 15 is 0 Å². The Hall–Kier alpha value is -3.23. The Morgan fingerprint density at radius 1 is 1.06 bits per heavy atom. The van der Waals surface area contributed by atoms with Crippen LogP contribution >= 0.6 is 11.3 Å². The van der Waals surface area contributed by atoms with Gasteiger partial charge in [-0.05, 0) is 43.0 Å². The van der Waals surface area contributed by atoms with Crippen molar-refractivity contribution in [2.75, 3.05) is 23.7 Å². The molecule has 1 aliphatic rings. The van der Waals surface area contributed by atoms with E-state index in [1.54, 1.807) is 5.38 Å². The molecule has 3 amide bonds. The molecule has 0 radical (unpaired) electrons. The Kier molecular flexibility index (Phi) is 7.14. The number of hydrogen-bond donors (Lipinski definition) is 3. The highest BCUT2D eigenvalue weighted by atomic mass is 32.1. The normalized spacial score (nSPS) is 14.7. The lowest BCUT2D eigenvalue weighted by Crippen LogP contribution is -2.44. The second-order valence-corrected chi connectivity index (χ2v) is 8.85. The Morgan fingerprint density at radius 3 is 2.59 bits per heavy atom. The Balaban J connectivity index is 1.23. The fourth-order valence-corrected chi connectivity index (χ4v) is 4.44. The van der Waals surface area contributed by atoms with Gasteiger partial charge in [0.25, 0.3) is 5.91 Å². The molecule has 7 nitrogen and oxygen atoms in total. The van der Waals surface area contributed by atoms with E-state index in [4.69, 9.17) is 0 Å². The standard InChI is InChI=1S/C24H27N5O2S/c1-17-6-5-9-20(14-17)26-23(31)28-24-27-21(16-32-24)22(30)25-19-10-12-29(13-11-19)15-18-7-3-2-4-8-18/h2-9,14,16,19H,10-13,15H2,1H3,(H,25,30)(H2,26,27,28,31). The zero-order valence-electron chi connectivity index (χ0n) is 18.0. The molecule has 1 saturated heterocycles. The number of benzene rings is 2. The van der Waals surface area contributed by atoms with Gasteiger partial charge in [-0.3, -0.25) is 15.0 Å². The summed E-state index contributed by atoms with van der Waals surface area (Å²) in [5, 5.41) is 10.6. The van der Waals surface area contributed by atoms with Crippen molar-refractivity contribution in [2.45, 2.75) is 32.4 Å². The number of carbonyl (C=O) groups is 2. The summed E-state index contributed by atoms with van der Waals surface area (Å²) in [5.41, 5.74) is 3.40. The second kappa shape index (κ2) is 10.4. The molecule has 2 heterocycles. The smallest absolute Gasteiger partial charge is 0.325 e. The topological polar surface area (TPSA) is 86.4 Å². The van der Waals surface area contributed by atoms with Crippen molar-refractivity contribution >= 4 is 34.1 Å². The highest BCUT2D eigenvalue weighted by Gasteiger charge is 2.22. The largest absolute Gasteiger partial charge is 0.348 e. The van der Waals surface area contributed by atoms with E-state index in [0.717, 1.165) is 38.0 Å². The quantitative estimate of drug-likeness (QED) is 0.518. The number of hydrogen-bond acceptors (Lipinski definition) is 5. The molecule has 0 unspecified atom stereocenters. The predicted octanol–water partition coefficient (Wildman–Crippen LogP) is 4.49. The molecule has 3 aromatic rings. The van der Waals surface area contributed by atoms with Crippen LogP contribution in [0.4, 0.5) is 15.6 Å². The highest BCUT2D eigenvalue weighted by Crippen LogP contribution is 2.18. The van der Waals surface area contributed by atoms with Gasteiger partial charge in [0.05, 0.1) is 0 Å². The minimum absolute atomic E-state index is 0.136. The number of piperidine rings is 1. The monoisotopic (exact) mass is 449 g/mol. The van der Waals surface area contributed by atoms with Crippen molar-refractivity contribution in [1.29, 1.82) is 0 Å². The van der Waals surface area contributed by atoms with E-state index in [0.29, 0.717) is 16.5 Å². The van der Waals surface area contributed by atoms with Gasteiger partial charge in [0.15, 0.2) is 5.13 Å². The number of nitrogens with zero attached hydrogens (tertiary/aromatic N) is 2. The second-order valence-electron chi connectivity index (χ2n) is 8.00. The van der Waals surface area contributed by atoms with Crippen LogP contribution in [0.2, 0.25) is 0 Å². The minimum atomic E-state index is -0.386. The van der Waals surface area contributed by atoms with Crippen LogP contribution in [0.15, 0.2) is 60.0 Å². The lowest BCUT2D eigenvalue weighted by molar-refractivity contribution is 0.0904. The summed E-state index contributed by atoms with van der Waals surface area (Å²) in [7, 11) is 0. The number of nitrogens with one attached hydrogen (secondary N) is 3. The number of thiazole rings is 1. The van der Waals surface area contributed by atoms with Crippen molar-refractivity contribution < 1.29 is 9.59 Å².